The van der Waals surface area contributed by atoms with Crippen molar-refractivity contribution in [1.82, 2.24) is 4.90 Å². The van der Waals surface area contributed by atoms with Gasteiger partial charge in [-0.2, -0.15) is 0 Å². The zero-order chi connectivity index (χ0) is 13.1. The van der Waals surface area contributed by atoms with E-state index in [0.29, 0.717) is 17.1 Å². The van der Waals surface area contributed by atoms with Crippen molar-refractivity contribution in [1.29, 1.82) is 0 Å². The monoisotopic (exact) mass is 266 g/mol. The van der Waals surface area contributed by atoms with Gasteiger partial charge in [0.05, 0.1) is 0 Å². The largest absolute Gasteiger partial charge is 0.389 e. The Morgan fingerprint density at radius 2 is 2.11 bits per heavy atom. The number of piperidine rings is 1. The van der Waals surface area contributed by atoms with Crippen LogP contribution in [0.5, 0.6) is 0 Å². The second-order valence-corrected chi connectivity index (χ2v) is 5.57. The van der Waals surface area contributed by atoms with Gasteiger partial charge >= 0.3 is 0 Å². The highest BCUT2D eigenvalue weighted by Gasteiger charge is 2.17. The number of hydrogen-bond acceptors (Lipinski definition) is 2. The van der Waals surface area contributed by atoms with Gasteiger partial charge in [-0.3, -0.25) is 4.90 Å². The first kappa shape index (κ1) is 13.4. The molecule has 1 aliphatic heterocycles. The number of likely N-dealkylation sites (tertiary alicyclic amines) is 1. The van der Waals surface area contributed by atoms with Gasteiger partial charge in [-0.25, -0.2) is 4.39 Å². The van der Waals surface area contributed by atoms with Crippen LogP contribution in [0.2, 0.25) is 0 Å². The lowest BCUT2D eigenvalue weighted by Crippen LogP contribution is -2.32. The van der Waals surface area contributed by atoms with Gasteiger partial charge in [-0.15, -0.1) is 0 Å². The van der Waals surface area contributed by atoms with Gasteiger partial charge in [0.1, 0.15) is 10.8 Å². The number of benzene rings is 1. The molecule has 0 radical (unpaired) electrons. The number of nitrogens with two attached hydrogens (primary N) is 1. The average Bonchev–Trinajstić information content (AvgIpc) is 2.34. The molecule has 1 saturated heterocycles. The molecular weight excluding hydrogens is 247 g/mol. The molecule has 0 saturated carbocycles. The standard InChI is InChI=1S/C14H19FN2S/c1-10-4-6-17(7-5-10)9-12-8-11(14(16)18)2-3-13(12)15/h2-3,8,10H,4-7,9H2,1H3,(H2,16,18). The minimum Gasteiger partial charge on any atom is -0.389 e. The SMILES string of the molecule is CC1CCN(Cc2cc(C(N)=S)ccc2F)CC1. The van der Waals surface area contributed by atoms with Gasteiger partial charge in [-0.05, 0) is 50.0 Å². The first-order chi connectivity index (χ1) is 8.56. The second-order valence-electron chi connectivity index (χ2n) is 5.13. The summed E-state index contributed by atoms with van der Waals surface area (Å²) < 4.78 is 13.8. The van der Waals surface area contributed by atoms with E-state index in [4.69, 9.17) is 18.0 Å². The Morgan fingerprint density at radius 3 is 2.72 bits per heavy atom. The Balaban J connectivity index is 2.08. The maximum atomic E-state index is 13.8. The van der Waals surface area contributed by atoms with Gasteiger partial charge in [0.2, 0.25) is 0 Å². The lowest BCUT2D eigenvalue weighted by atomic mass is 9.98. The maximum absolute atomic E-state index is 13.8. The van der Waals surface area contributed by atoms with Crippen LogP contribution in [0.4, 0.5) is 4.39 Å². The molecule has 0 bridgehead atoms. The summed E-state index contributed by atoms with van der Waals surface area (Å²) in [4.78, 5) is 2.62. The molecular formula is C14H19FN2S. The van der Waals surface area contributed by atoms with Gasteiger partial charge in [0.25, 0.3) is 0 Å². The molecule has 1 heterocycles. The van der Waals surface area contributed by atoms with E-state index in [9.17, 15) is 4.39 Å². The molecule has 0 aromatic heterocycles. The van der Waals surface area contributed by atoms with Crippen molar-refractivity contribution < 1.29 is 4.39 Å². The molecule has 0 amide bonds. The summed E-state index contributed by atoms with van der Waals surface area (Å²) >= 11 is 4.93. The van der Waals surface area contributed by atoms with E-state index >= 15 is 0 Å². The summed E-state index contributed by atoms with van der Waals surface area (Å²) in [5, 5.41) is 0. The molecule has 2 rings (SSSR count). The molecule has 2 nitrogen and oxygen atoms in total. The van der Waals surface area contributed by atoms with Crippen LogP contribution < -0.4 is 5.73 Å². The van der Waals surface area contributed by atoms with E-state index in [1.807, 2.05) is 0 Å². The highest BCUT2D eigenvalue weighted by atomic mass is 32.1. The topological polar surface area (TPSA) is 29.3 Å². The summed E-state index contributed by atoms with van der Waals surface area (Å²) in [7, 11) is 0. The van der Waals surface area contributed by atoms with Crippen LogP contribution in [0.3, 0.4) is 0 Å². The van der Waals surface area contributed by atoms with Gasteiger partial charge in [-0.1, -0.05) is 19.1 Å². The van der Waals surface area contributed by atoms with Crippen molar-refractivity contribution in [3.8, 4) is 0 Å². The summed E-state index contributed by atoms with van der Waals surface area (Å²) in [6.07, 6.45) is 2.38. The summed E-state index contributed by atoms with van der Waals surface area (Å²) in [6.45, 7) is 5.00. The number of hydrogen-bond donors (Lipinski definition) is 1. The quantitative estimate of drug-likeness (QED) is 0.853. The van der Waals surface area contributed by atoms with Gasteiger partial charge in [0, 0.05) is 17.7 Å². The third-order valence-corrected chi connectivity index (χ3v) is 3.84. The predicted octanol–water partition coefficient (Wildman–Crippen LogP) is 2.69. The Kier molecular flexibility index (Phi) is 4.30. The zero-order valence-electron chi connectivity index (χ0n) is 10.7. The zero-order valence-corrected chi connectivity index (χ0v) is 11.5. The average molecular weight is 266 g/mol. The lowest BCUT2D eigenvalue weighted by molar-refractivity contribution is 0.183. The van der Waals surface area contributed by atoms with E-state index in [2.05, 4.69) is 11.8 Å². The molecule has 2 N–H and O–H groups in total. The lowest BCUT2D eigenvalue weighted by Gasteiger charge is -2.30. The van der Waals surface area contributed by atoms with Crippen molar-refractivity contribution in [2.75, 3.05) is 13.1 Å². The fourth-order valence-electron chi connectivity index (χ4n) is 2.31. The molecule has 18 heavy (non-hydrogen) atoms. The number of nitrogens with zero attached hydrogens (tertiary/aromatic N) is 1. The van der Waals surface area contributed by atoms with Crippen LogP contribution >= 0.6 is 12.2 Å². The third-order valence-electron chi connectivity index (χ3n) is 3.60. The number of thiocarbonyl (C=S) groups is 1. The van der Waals surface area contributed by atoms with E-state index in [-0.39, 0.29) is 5.82 Å². The van der Waals surface area contributed by atoms with Crippen molar-refractivity contribution in [2.45, 2.75) is 26.3 Å². The Hall–Kier alpha value is -1.00. The van der Waals surface area contributed by atoms with E-state index < -0.39 is 0 Å². The minimum absolute atomic E-state index is 0.173. The Bertz CT molecular complexity index is 439. The molecule has 4 heteroatoms. The first-order valence-electron chi connectivity index (χ1n) is 6.37. The fourth-order valence-corrected chi connectivity index (χ4v) is 2.44. The van der Waals surface area contributed by atoms with Crippen molar-refractivity contribution in [3.63, 3.8) is 0 Å². The van der Waals surface area contributed by atoms with Crippen molar-refractivity contribution in [2.24, 2.45) is 11.7 Å². The van der Waals surface area contributed by atoms with Crippen LogP contribution in [0, 0.1) is 11.7 Å². The highest BCUT2D eigenvalue weighted by Crippen LogP contribution is 2.20. The van der Waals surface area contributed by atoms with E-state index in [1.165, 1.54) is 18.9 Å². The first-order valence-corrected chi connectivity index (χ1v) is 6.77. The summed E-state index contributed by atoms with van der Waals surface area (Å²) in [5.41, 5.74) is 7.01. The smallest absolute Gasteiger partial charge is 0.127 e. The third kappa shape index (κ3) is 3.27. The molecule has 0 spiro atoms. The summed E-state index contributed by atoms with van der Waals surface area (Å²) in [6, 6.07) is 4.87. The molecule has 0 aliphatic carbocycles. The molecule has 0 unspecified atom stereocenters. The van der Waals surface area contributed by atoms with E-state index in [0.717, 1.165) is 24.6 Å². The van der Waals surface area contributed by atoms with Crippen molar-refractivity contribution >= 4 is 17.2 Å². The molecule has 0 atom stereocenters. The van der Waals surface area contributed by atoms with Crippen LogP contribution in [-0.2, 0) is 6.54 Å². The van der Waals surface area contributed by atoms with Crippen LogP contribution in [0.15, 0.2) is 18.2 Å². The fraction of sp³-hybridized carbons (Fsp3) is 0.500. The molecule has 1 aromatic rings. The molecule has 1 aromatic carbocycles. The molecule has 1 fully saturated rings. The van der Waals surface area contributed by atoms with Crippen LogP contribution in [0.1, 0.15) is 30.9 Å². The van der Waals surface area contributed by atoms with E-state index in [1.54, 1.807) is 12.1 Å². The molecule has 1 aliphatic rings. The van der Waals surface area contributed by atoms with Gasteiger partial charge < -0.3 is 5.73 Å². The predicted molar refractivity (Wildman–Crippen MR) is 76.0 cm³/mol. The highest BCUT2D eigenvalue weighted by molar-refractivity contribution is 7.80. The Morgan fingerprint density at radius 1 is 1.44 bits per heavy atom. The Labute approximate surface area is 113 Å². The van der Waals surface area contributed by atoms with Gasteiger partial charge in [0.15, 0.2) is 0 Å². The van der Waals surface area contributed by atoms with Crippen molar-refractivity contribution in [3.05, 3.63) is 35.1 Å². The number of rotatable bonds is 3. The number of halogens is 1. The summed E-state index contributed by atoms with van der Waals surface area (Å²) in [5.74, 6) is 0.614. The maximum Gasteiger partial charge on any atom is 0.127 e. The second kappa shape index (κ2) is 5.76. The van der Waals surface area contributed by atoms with Crippen LogP contribution in [0.25, 0.3) is 0 Å². The molecule has 98 valence electrons. The minimum atomic E-state index is -0.173. The normalized spacial score (nSPS) is 17.9. The van der Waals surface area contributed by atoms with Crippen LogP contribution in [-0.4, -0.2) is 23.0 Å².